The van der Waals surface area contributed by atoms with Crippen molar-refractivity contribution in [3.63, 3.8) is 0 Å². The number of halogens is 1. The van der Waals surface area contributed by atoms with Gasteiger partial charge in [0.1, 0.15) is 17.2 Å². The largest absolute Gasteiger partial charge is 0.322 e. The van der Waals surface area contributed by atoms with Crippen LogP contribution >= 0.6 is 15.9 Å². The van der Waals surface area contributed by atoms with Crippen LogP contribution in [-0.2, 0) is 0 Å². The predicted octanol–water partition coefficient (Wildman–Crippen LogP) is 9.21. The molecule has 4 heteroatoms. The second kappa shape index (κ2) is 9.94. The molecule has 0 N–H and O–H groups in total. The number of imidazole rings is 1. The number of anilines is 2. The molecule has 0 unspecified atom stereocenters. The molecule has 0 spiro atoms. The van der Waals surface area contributed by atoms with E-state index in [-0.39, 0.29) is 0 Å². The van der Waals surface area contributed by atoms with Gasteiger partial charge in [-0.3, -0.25) is 4.40 Å². The second-order valence-electron chi connectivity index (χ2n) is 9.74. The molecule has 5 aromatic rings. The van der Waals surface area contributed by atoms with Crippen LogP contribution in [0.25, 0.3) is 28.0 Å². The van der Waals surface area contributed by atoms with E-state index in [9.17, 15) is 0 Å². The van der Waals surface area contributed by atoms with Gasteiger partial charge in [-0.05, 0) is 49.6 Å². The van der Waals surface area contributed by atoms with Gasteiger partial charge in [0, 0.05) is 27.8 Å². The van der Waals surface area contributed by atoms with E-state index in [1.807, 2.05) is 0 Å². The number of nitrogens with zero attached hydrogens (tertiary/aromatic N) is 3. The van der Waals surface area contributed by atoms with Crippen LogP contribution in [0.15, 0.2) is 102 Å². The van der Waals surface area contributed by atoms with Crippen LogP contribution in [0.3, 0.4) is 0 Å². The highest BCUT2D eigenvalue weighted by Crippen LogP contribution is 2.45. The van der Waals surface area contributed by atoms with Gasteiger partial charge >= 0.3 is 0 Å². The molecule has 0 amide bonds. The Bertz CT molecular complexity index is 1500. The Morgan fingerprint density at radius 1 is 0.778 bits per heavy atom. The van der Waals surface area contributed by atoms with Crippen LogP contribution < -0.4 is 4.90 Å². The van der Waals surface area contributed by atoms with Gasteiger partial charge in [-0.2, -0.15) is 0 Å². The van der Waals surface area contributed by atoms with Crippen LogP contribution in [0.5, 0.6) is 0 Å². The van der Waals surface area contributed by atoms with E-state index >= 15 is 0 Å². The van der Waals surface area contributed by atoms with Crippen molar-refractivity contribution in [3.8, 4) is 22.4 Å². The fourth-order valence-electron chi connectivity index (χ4n) is 5.53. The van der Waals surface area contributed by atoms with Crippen molar-refractivity contribution in [2.45, 2.75) is 45.1 Å². The van der Waals surface area contributed by atoms with Gasteiger partial charge in [0.25, 0.3) is 0 Å². The van der Waals surface area contributed by atoms with E-state index < -0.39 is 0 Å². The maximum atomic E-state index is 5.19. The number of rotatable bonds is 5. The molecule has 2 heterocycles. The Labute approximate surface area is 221 Å². The highest BCUT2D eigenvalue weighted by atomic mass is 79.9. The lowest BCUT2D eigenvalue weighted by Crippen LogP contribution is -2.34. The number of hydrogen-bond acceptors (Lipinski definition) is 2. The van der Waals surface area contributed by atoms with Gasteiger partial charge in [0.15, 0.2) is 0 Å². The molecule has 0 radical (unpaired) electrons. The number of fused-ring (bicyclic) bond motifs is 1. The normalized spacial score (nSPS) is 14.3. The molecule has 180 valence electrons. The van der Waals surface area contributed by atoms with Crippen molar-refractivity contribution in [2.75, 3.05) is 4.90 Å². The third kappa shape index (κ3) is 4.24. The Kier molecular flexibility index (Phi) is 6.37. The van der Waals surface area contributed by atoms with Gasteiger partial charge in [-0.25, -0.2) is 4.98 Å². The standard InChI is InChI=1S/C32H30BrN3/c1-23-18-20-24(21-19-23)31-32(35-22-10-9-17-30(35)34-31)36(25-11-3-2-4-12-25)29-16-8-6-14-27(29)26-13-5-7-15-28(26)33/h5-10,13-22,25H,2-4,11-12H2,1H3. The van der Waals surface area contributed by atoms with Crippen molar-refractivity contribution < 1.29 is 0 Å². The average molecular weight is 537 g/mol. The molecular weight excluding hydrogens is 506 g/mol. The van der Waals surface area contributed by atoms with Crippen molar-refractivity contribution in [3.05, 3.63) is 107 Å². The molecular formula is C32H30BrN3. The van der Waals surface area contributed by atoms with E-state index in [0.717, 1.165) is 27.2 Å². The van der Waals surface area contributed by atoms with Crippen LogP contribution in [0, 0.1) is 6.92 Å². The maximum absolute atomic E-state index is 5.19. The molecule has 1 saturated carbocycles. The van der Waals surface area contributed by atoms with Crippen LogP contribution in [0.1, 0.15) is 37.7 Å². The highest BCUT2D eigenvalue weighted by Gasteiger charge is 2.30. The van der Waals surface area contributed by atoms with Gasteiger partial charge in [0.2, 0.25) is 0 Å². The molecule has 1 aliphatic rings. The zero-order valence-electron chi connectivity index (χ0n) is 20.6. The topological polar surface area (TPSA) is 20.5 Å². The smallest absolute Gasteiger partial charge is 0.146 e. The zero-order valence-corrected chi connectivity index (χ0v) is 22.2. The number of aromatic nitrogens is 2. The van der Waals surface area contributed by atoms with Crippen LogP contribution in [0.2, 0.25) is 0 Å². The average Bonchev–Trinajstić information content (AvgIpc) is 3.30. The summed E-state index contributed by atoms with van der Waals surface area (Å²) < 4.78 is 3.39. The molecule has 0 aliphatic heterocycles. The predicted molar refractivity (Wildman–Crippen MR) is 154 cm³/mol. The summed E-state index contributed by atoms with van der Waals surface area (Å²) in [7, 11) is 0. The Morgan fingerprint density at radius 2 is 1.47 bits per heavy atom. The lowest BCUT2D eigenvalue weighted by atomic mass is 9.92. The summed E-state index contributed by atoms with van der Waals surface area (Å²) in [6.07, 6.45) is 8.35. The molecule has 1 fully saturated rings. The molecule has 36 heavy (non-hydrogen) atoms. The van der Waals surface area contributed by atoms with Crippen molar-refractivity contribution in [1.82, 2.24) is 9.38 Å². The molecule has 0 atom stereocenters. The summed E-state index contributed by atoms with van der Waals surface area (Å²) in [5.74, 6) is 1.15. The Balaban J connectivity index is 1.64. The minimum absolute atomic E-state index is 0.409. The second-order valence-corrected chi connectivity index (χ2v) is 10.6. The van der Waals surface area contributed by atoms with Crippen molar-refractivity contribution >= 4 is 33.1 Å². The summed E-state index contributed by atoms with van der Waals surface area (Å²) in [5.41, 5.74) is 8.09. The molecule has 3 aromatic carbocycles. The molecule has 0 saturated heterocycles. The number of para-hydroxylation sites is 1. The van der Waals surface area contributed by atoms with E-state index in [0.29, 0.717) is 6.04 Å². The maximum Gasteiger partial charge on any atom is 0.146 e. The first kappa shape index (κ1) is 23.1. The molecule has 6 rings (SSSR count). The van der Waals surface area contributed by atoms with E-state index in [4.69, 9.17) is 4.98 Å². The number of pyridine rings is 1. The first-order valence-electron chi connectivity index (χ1n) is 12.9. The summed E-state index contributed by atoms with van der Waals surface area (Å²) >= 11 is 3.82. The third-order valence-corrected chi connectivity index (χ3v) is 8.02. The van der Waals surface area contributed by atoms with Crippen LogP contribution in [0.4, 0.5) is 11.5 Å². The summed E-state index contributed by atoms with van der Waals surface area (Å²) in [6.45, 7) is 2.14. The molecule has 1 aliphatic carbocycles. The molecule has 0 bridgehead atoms. The fourth-order valence-corrected chi connectivity index (χ4v) is 6.03. The number of aryl methyl sites for hydroxylation is 1. The van der Waals surface area contributed by atoms with Crippen LogP contribution in [-0.4, -0.2) is 15.4 Å². The first-order chi connectivity index (χ1) is 17.7. The minimum Gasteiger partial charge on any atom is -0.322 e. The molecule has 2 aromatic heterocycles. The molecule has 3 nitrogen and oxygen atoms in total. The quantitative estimate of drug-likeness (QED) is 0.223. The lowest BCUT2D eigenvalue weighted by molar-refractivity contribution is 0.434. The zero-order chi connectivity index (χ0) is 24.5. The van der Waals surface area contributed by atoms with E-state index in [1.54, 1.807) is 0 Å². The third-order valence-electron chi connectivity index (χ3n) is 7.33. The summed E-state index contributed by atoms with van der Waals surface area (Å²) in [5, 5.41) is 0. The van der Waals surface area contributed by atoms with Crippen molar-refractivity contribution in [1.29, 1.82) is 0 Å². The summed E-state index contributed by atoms with van der Waals surface area (Å²) in [6, 6.07) is 32.9. The Hall–Kier alpha value is -3.37. The monoisotopic (exact) mass is 535 g/mol. The number of benzene rings is 3. The SMILES string of the molecule is Cc1ccc(-c2nc3ccccn3c2N(c2ccccc2-c2ccccc2Br)C2CCCCC2)cc1. The highest BCUT2D eigenvalue weighted by molar-refractivity contribution is 9.10. The van der Waals surface area contributed by atoms with E-state index in [1.165, 1.54) is 54.5 Å². The number of hydrogen-bond donors (Lipinski definition) is 0. The lowest BCUT2D eigenvalue weighted by Gasteiger charge is -2.37. The fraction of sp³-hybridized carbons (Fsp3) is 0.219. The van der Waals surface area contributed by atoms with Gasteiger partial charge in [0.05, 0.1) is 5.69 Å². The van der Waals surface area contributed by atoms with E-state index in [2.05, 4.69) is 129 Å². The Morgan fingerprint density at radius 3 is 2.25 bits per heavy atom. The van der Waals surface area contributed by atoms with Gasteiger partial charge in [-0.15, -0.1) is 0 Å². The van der Waals surface area contributed by atoms with Gasteiger partial charge < -0.3 is 4.90 Å². The minimum atomic E-state index is 0.409. The van der Waals surface area contributed by atoms with Crippen molar-refractivity contribution in [2.24, 2.45) is 0 Å². The first-order valence-corrected chi connectivity index (χ1v) is 13.7. The van der Waals surface area contributed by atoms with Gasteiger partial charge in [-0.1, -0.05) is 107 Å². The summed E-state index contributed by atoms with van der Waals surface area (Å²) in [4.78, 5) is 7.79.